The summed E-state index contributed by atoms with van der Waals surface area (Å²) in [5, 5.41) is 0. The van der Waals surface area contributed by atoms with Gasteiger partial charge in [-0.3, -0.25) is 0 Å². The van der Waals surface area contributed by atoms with E-state index < -0.39 is 0 Å². The van der Waals surface area contributed by atoms with Crippen molar-refractivity contribution in [1.82, 2.24) is 0 Å². The average Bonchev–Trinajstić information content (AvgIpc) is 2.92. The first-order valence-corrected chi connectivity index (χ1v) is 17.5. The summed E-state index contributed by atoms with van der Waals surface area (Å²) in [7, 11) is 0. The van der Waals surface area contributed by atoms with Gasteiger partial charge in [0.25, 0.3) is 0 Å². The van der Waals surface area contributed by atoms with Gasteiger partial charge in [-0.15, -0.1) is 13.2 Å². The number of hydrogen-bond donors (Lipinski definition) is 0. The Kier molecular flexibility index (Phi) is 33.3. The van der Waals surface area contributed by atoms with E-state index in [0.29, 0.717) is 0 Å². The Labute approximate surface area is 241 Å². The Morgan fingerprint density at radius 1 is 0.316 bits per heavy atom. The lowest BCUT2D eigenvalue weighted by molar-refractivity contribution is -0.550. The van der Waals surface area contributed by atoms with E-state index in [-0.39, 0.29) is 0 Å². The first kappa shape index (κ1) is 37.1. The second-order valence-electron chi connectivity index (χ2n) is 12.0. The van der Waals surface area contributed by atoms with E-state index in [1.165, 1.54) is 180 Å². The van der Waals surface area contributed by atoms with Crippen LogP contribution in [0.4, 0.5) is 0 Å². The summed E-state index contributed by atoms with van der Waals surface area (Å²) in [6.45, 7) is 9.31. The van der Waals surface area contributed by atoms with Crippen LogP contribution in [0.3, 0.4) is 0 Å². The van der Waals surface area contributed by atoms with E-state index in [2.05, 4.69) is 13.2 Å². The van der Waals surface area contributed by atoms with Crippen LogP contribution in [-0.2, 0) is 0 Å². The second-order valence-corrected chi connectivity index (χ2v) is 12.0. The Hall–Kier alpha value is -0.920. The molecule has 0 spiro atoms. The van der Waals surface area contributed by atoms with Gasteiger partial charge in [0.2, 0.25) is 0 Å². The lowest BCUT2D eigenvalue weighted by atomic mass is 10.0. The SMILES string of the molecule is C=CCCCCCCCCCCCCCCCC[N+](=[N-])CCCCCCCCCCCCCCCCC=C. The van der Waals surface area contributed by atoms with Crippen LogP contribution in [0.1, 0.15) is 193 Å². The molecule has 2 heteroatoms. The molecule has 0 unspecified atom stereocenters. The fourth-order valence-electron chi connectivity index (χ4n) is 5.52. The van der Waals surface area contributed by atoms with E-state index in [1.54, 1.807) is 4.70 Å². The smallest absolute Gasteiger partial charge is 0.130 e. The van der Waals surface area contributed by atoms with Gasteiger partial charge in [-0.2, -0.15) is 0 Å². The highest BCUT2D eigenvalue weighted by atomic mass is 15.2. The topological polar surface area (TPSA) is 25.3 Å². The number of allylic oxidation sites excluding steroid dienone is 2. The van der Waals surface area contributed by atoms with Gasteiger partial charge in [0, 0.05) is 12.8 Å². The molecule has 0 aromatic rings. The Bertz CT molecular complexity index is 442. The molecule has 0 heterocycles. The highest BCUT2D eigenvalue weighted by Crippen LogP contribution is 2.15. The van der Waals surface area contributed by atoms with Crippen molar-refractivity contribution in [3.05, 3.63) is 30.8 Å². The van der Waals surface area contributed by atoms with Crippen LogP contribution in [0.15, 0.2) is 25.3 Å². The van der Waals surface area contributed by atoms with Crippen LogP contribution in [0.25, 0.3) is 5.53 Å². The summed E-state index contributed by atoms with van der Waals surface area (Å²) >= 11 is 0. The van der Waals surface area contributed by atoms with Crippen LogP contribution in [0, 0.1) is 0 Å². The highest BCUT2D eigenvalue weighted by Gasteiger charge is 2.00. The van der Waals surface area contributed by atoms with Crippen LogP contribution in [0.5, 0.6) is 0 Å². The van der Waals surface area contributed by atoms with Crippen molar-refractivity contribution in [3.63, 3.8) is 0 Å². The monoisotopic (exact) mass is 531 g/mol. The molecule has 0 aliphatic heterocycles. The Morgan fingerprint density at radius 3 is 0.711 bits per heavy atom. The largest absolute Gasteiger partial charge is 0.507 e. The third-order valence-corrected chi connectivity index (χ3v) is 8.15. The molecule has 0 aromatic carbocycles. The molecule has 0 fully saturated rings. The van der Waals surface area contributed by atoms with Gasteiger partial charge in [-0.05, 0) is 38.5 Å². The van der Waals surface area contributed by atoms with Gasteiger partial charge in [0.05, 0.1) is 0 Å². The highest BCUT2D eigenvalue weighted by molar-refractivity contribution is 4.66. The second kappa shape index (κ2) is 34.1. The van der Waals surface area contributed by atoms with E-state index in [4.69, 9.17) is 0 Å². The summed E-state index contributed by atoms with van der Waals surface area (Å²) in [5.41, 5.74) is 10.1. The lowest BCUT2D eigenvalue weighted by Gasteiger charge is -2.08. The molecule has 0 amide bonds. The first-order valence-electron chi connectivity index (χ1n) is 17.5. The van der Waals surface area contributed by atoms with Crippen molar-refractivity contribution in [2.24, 2.45) is 0 Å². The molecule has 0 radical (unpaired) electrons. The molecule has 0 atom stereocenters. The van der Waals surface area contributed by atoms with Gasteiger partial charge in [-0.25, -0.2) is 0 Å². The van der Waals surface area contributed by atoms with Crippen molar-refractivity contribution in [1.29, 1.82) is 0 Å². The van der Waals surface area contributed by atoms with Crippen LogP contribution in [-0.4, -0.2) is 17.8 Å². The third kappa shape index (κ3) is 33.1. The standard InChI is InChI=1S/C36H70N2/c1-3-5-7-9-11-13-15-17-19-21-23-25-27-29-31-33-35-38(37)36-34-32-30-28-26-24-22-20-18-16-14-12-10-8-6-4-2/h3-4H,1-2,5-36H2. The van der Waals surface area contributed by atoms with Gasteiger partial charge in [0.15, 0.2) is 0 Å². The molecule has 38 heavy (non-hydrogen) atoms. The van der Waals surface area contributed by atoms with E-state index in [0.717, 1.165) is 25.9 Å². The zero-order valence-corrected chi connectivity index (χ0v) is 26.1. The fraction of sp³-hybridized carbons (Fsp3) is 0.889. The van der Waals surface area contributed by atoms with E-state index in [9.17, 15) is 5.53 Å². The van der Waals surface area contributed by atoms with E-state index >= 15 is 0 Å². The van der Waals surface area contributed by atoms with Crippen molar-refractivity contribution < 1.29 is 4.70 Å². The minimum absolute atomic E-state index is 0.864. The van der Waals surface area contributed by atoms with Crippen molar-refractivity contribution >= 4 is 0 Å². The summed E-state index contributed by atoms with van der Waals surface area (Å²) < 4.78 is 1.58. The molecule has 0 N–H and O–H groups in total. The molecule has 0 aliphatic rings. The summed E-state index contributed by atoms with van der Waals surface area (Å²) in [4.78, 5) is 0. The average molecular weight is 531 g/mol. The zero-order chi connectivity index (χ0) is 27.6. The van der Waals surface area contributed by atoms with E-state index in [1.807, 2.05) is 12.2 Å². The Balaban J connectivity index is 3.15. The predicted molar refractivity (Wildman–Crippen MR) is 172 cm³/mol. The van der Waals surface area contributed by atoms with Crippen molar-refractivity contribution in [2.45, 2.75) is 193 Å². The van der Waals surface area contributed by atoms with Gasteiger partial charge in [-0.1, -0.05) is 153 Å². The number of unbranched alkanes of at least 4 members (excludes halogenated alkanes) is 28. The minimum atomic E-state index is 0.864. The minimum Gasteiger partial charge on any atom is -0.507 e. The third-order valence-electron chi connectivity index (χ3n) is 8.15. The molecule has 0 saturated heterocycles. The van der Waals surface area contributed by atoms with Crippen LogP contribution in [0.2, 0.25) is 0 Å². The molecule has 0 bridgehead atoms. The summed E-state index contributed by atoms with van der Waals surface area (Å²) in [6, 6.07) is 0. The van der Waals surface area contributed by atoms with Gasteiger partial charge < -0.3 is 10.2 Å². The van der Waals surface area contributed by atoms with Crippen molar-refractivity contribution in [2.75, 3.05) is 13.1 Å². The molecule has 0 saturated carbocycles. The van der Waals surface area contributed by atoms with Crippen LogP contribution >= 0.6 is 0 Å². The number of rotatable bonds is 34. The van der Waals surface area contributed by atoms with Crippen molar-refractivity contribution in [3.8, 4) is 0 Å². The lowest BCUT2D eigenvalue weighted by Crippen LogP contribution is -2.10. The maximum absolute atomic E-state index is 10.1. The first-order chi connectivity index (χ1) is 18.8. The Morgan fingerprint density at radius 2 is 0.500 bits per heavy atom. The van der Waals surface area contributed by atoms with Gasteiger partial charge >= 0.3 is 0 Å². The summed E-state index contributed by atoms with van der Waals surface area (Å²) in [6.07, 6.45) is 45.0. The van der Waals surface area contributed by atoms with Crippen LogP contribution < -0.4 is 0 Å². The molecule has 0 aliphatic carbocycles. The molecular weight excluding hydrogens is 460 g/mol. The predicted octanol–water partition coefficient (Wildman–Crippen LogP) is 13.1. The molecule has 2 nitrogen and oxygen atoms in total. The summed E-state index contributed by atoms with van der Waals surface area (Å²) in [5.74, 6) is 0. The molecule has 0 rings (SSSR count). The molecular formula is C36H70N2. The maximum Gasteiger partial charge on any atom is 0.130 e. The number of hydrogen-bond acceptors (Lipinski definition) is 0. The quantitative estimate of drug-likeness (QED) is 0.0342. The molecule has 224 valence electrons. The van der Waals surface area contributed by atoms with Gasteiger partial charge in [0.1, 0.15) is 13.1 Å². The fourth-order valence-corrected chi connectivity index (χ4v) is 5.52. The number of nitrogens with zero attached hydrogens (tertiary/aromatic N) is 2. The zero-order valence-electron chi connectivity index (χ0n) is 26.1. The normalized spacial score (nSPS) is 11.2. The molecule has 0 aromatic heterocycles. The maximum atomic E-state index is 10.1.